The van der Waals surface area contributed by atoms with Crippen molar-refractivity contribution in [1.29, 1.82) is 0 Å². The molecule has 0 atom stereocenters. The van der Waals surface area contributed by atoms with Gasteiger partial charge >= 0.3 is 6.01 Å². The third-order valence-electron chi connectivity index (χ3n) is 1.94. The fraction of sp³-hybridized carbons (Fsp3) is 0.0909. The van der Waals surface area contributed by atoms with Crippen LogP contribution in [0.25, 0.3) is 0 Å². The zero-order valence-corrected chi connectivity index (χ0v) is 10.0. The van der Waals surface area contributed by atoms with Gasteiger partial charge < -0.3 is 4.74 Å². The largest absolute Gasteiger partial charge is 0.424 e. The van der Waals surface area contributed by atoms with E-state index in [-0.39, 0.29) is 6.01 Å². The molecule has 1 heterocycles. The summed E-state index contributed by atoms with van der Waals surface area (Å²) in [7, 11) is 0. The number of nitrogens with zero attached hydrogens (tertiary/aromatic N) is 2. The number of hydrogen-bond acceptors (Lipinski definition) is 3. The number of rotatable bonds is 2. The van der Waals surface area contributed by atoms with Gasteiger partial charge in [0.05, 0.1) is 12.4 Å². The summed E-state index contributed by atoms with van der Waals surface area (Å²) in [6.45, 7) is 1.95. The van der Waals surface area contributed by atoms with E-state index in [0.717, 1.165) is 22.4 Å². The summed E-state index contributed by atoms with van der Waals surface area (Å²) in [6, 6.07) is 5.62. The van der Waals surface area contributed by atoms with E-state index in [1.807, 2.05) is 19.1 Å². The molecule has 0 saturated carbocycles. The smallest absolute Gasteiger partial charge is 0.322 e. The Morgan fingerprint density at radius 2 is 1.94 bits per heavy atom. The fourth-order valence-electron chi connectivity index (χ4n) is 1.14. The number of aromatic nitrogens is 2. The van der Waals surface area contributed by atoms with Crippen LogP contribution in [0.1, 0.15) is 5.56 Å². The molecule has 5 heteroatoms. The molecule has 82 valence electrons. The van der Waals surface area contributed by atoms with Gasteiger partial charge in [0, 0.05) is 4.47 Å². The fourth-order valence-corrected chi connectivity index (χ4v) is 1.39. The van der Waals surface area contributed by atoms with Crippen LogP contribution in [-0.2, 0) is 0 Å². The van der Waals surface area contributed by atoms with E-state index in [1.54, 1.807) is 6.07 Å². The molecule has 0 aliphatic heterocycles. The molecule has 0 saturated heterocycles. The maximum absolute atomic E-state index is 12.6. The van der Waals surface area contributed by atoms with Crippen LogP contribution in [0, 0.1) is 12.7 Å². The first kappa shape index (κ1) is 11.0. The molecule has 0 amide bonds. The summed E-state index contributed by atoms with van der Waals surface area (Å²) in [6.07, 6.45) is 2.13. The average molecular weight is 283 g/mol. The van der Waals surface area contributed by atoms with E-state index in [1.165, 1.54) is 0 Å². The van der Waals surface area contributed by atoms with Crippen LogP contribution in [0.15, 0.2) is 35.1 Å². The van der Waals surface area contributed by atoms with Gasteiger partial charge in [-0.25, -0.2) is 14.4 Å². The van der Waals surface area contributed by atoms with Crippen LogP contribution in [0.2, 0.25) is 0 Å². The number of aryl methyl sites for hydroxylation is 1. The molecule has 16 heavy (non-hydrogen) atoms. The Balaban J connectivity index is 2.20. The minimum atomic E-state index is -0.487. The highest BCUT2D eigenvalue weighted by Crippen LogP contribution is 2.24. The third kappa shape index (κ3) is 2.55. The van der Waals surface area contributed by atoms with E-state index in [2.05, 4.69) is 25.9 Å². The molecular weight excluding hydrogens is 275 g/mol. The molecule has 0 aliphatic rings. The molecule has 0 bridgehead atoms. The van der Waals surface area contributed by atoms with E-state index >= 15 is 0 Å². The second-order valence-corrected chi connectivity index (χ2v) is 4.05. The number of halogens is 2. The highest BCUT2D eigenvalue weighted by molar-refractivity contribution is 9.10. The highest BCUT2D eigenvalue weighted by Gasteiger charge is 2.02. The molecule has 0 spiro atoms. The summed E-state index contributed by atoms with van der Waals surface area (Å²) in [4.78, 5) is 7.41. The van der Waals surface area contributed by atoms with E-state index < -0.39 is 5.82 Å². The molecule has 0 unspecified atom stereocenters. The second kappa shape index (κ2) is 4.57. The van der Waals surface area contributed by atoms with Gasteiger partial charge in [-0.2, -0.15) is 0 Å². The zero-order chi connectivity index (χ0) is 11.5. The highest BCUT2D eigenvalue weighted by atomic mass is 79.9. The van der Waals surface area contributed by atoms with Crippen molar-refractivity contribution in [3.8, 4) is 11.8 Å². The van der Waals surface area contributed by atoms with Crippen molar-refractivity contribution in [3.63, 3.8) is 0 Å². The Labute approximate surface area is 100 Å². The van der Waals surface area contributed by atoms with Crippen LogP contribution < -0.4 is 4.74 Å². The van der Waals surface area contributed by atoms with Gasteiger partial charge in [0.15, 0.2) is 5.82 Å². The lowest BCUT2D eigenvalue weighted by Crippen LogP contribution is -1.92. The molecule has 0 radical (unpaired) electrons. The van der Waals surface area contributed by atoms with Gasteiger partial charge in [-0.15, -0.1) is 0 Å². The average Bonchev–Trinajstić information content (AvgIpc) is 2.27. The first-order chi connectivity index (χ1) is 7.65. The van der Waals surface area contributed by atoms with Crippen molar-refractivity contribution >= 4 is 15.9 Å². The second-order valence-electron chi connectivity index (χ2n) is 3.20. The lowest BCUT2D eigenvalue weighted by Gasteiger charge is -2.05. The van der Waals surface area contributed by atoms with Crippen LogP contribution in [0.3, 0.4) is 0 Å². The predicted octanol–water partition coefficient (Wildman–Crippen LogP) is 3.48. The molecule has 2 aromatic rings. The summed E-state index contributed by atoms with van der Waals surface area (Å²) >= 11 is 3.39. The van der Waals surface area contributed by atoms with Crippen molar-refractivity contribution < 1.29 is 9.13 Å². The van der Waals surface area contributed by atoms with E-state index in [9.17, 15) is 4.39 Å². The van der Waals surface area contributed by atoms with Gasteiger partial charge in [-0.05, 0) is 30.7 Å². The van der Waals surface area contributed by atoms with Gasteiger partial charge in [-0.3, -0.25) is 0 Å². The van der Waals surface area contributed by atoms with Crippen molar-refractivity contribution in [3.05, 3.63) is 46.4 Å². The molecule has 3 nitrogen and oxygen atoms in total. The first-order valence-electron chi connectivity index (χ1n) is 4.57. The maximum Gasteiger partial charge on any atom is 0.322 e. The lowest BCUT2D eigenvalue weighted by molar-refractivity contribution is 0.436. The third-order valence-corrected chi connectivity index (χ3v) is 2.82. The zero-order valence-electron chi connectivity index (χ0n) is 8.45. The van der Waals surface area contributed by atoms with Crippen LogP contribution >= 0.6 is 15.9 Å². The molecule has 0 aliphatic carbocycles. The number of ether oxygens (including phenoxy) is 1. The Bertz CT molecular complexity index is 502. The van der Waals surface area contributed by atoms with Crippen molar-refractivity contribution in [2.75, 3.05) is 0 Å². The Kier molecular flexibility index (Phi) is 3.14. The maximum atomic E-state index is 12.6. The Morgan fingerprint density at radius 3 is 2.56 bits per heavy atom. The lowest BCUT2D eigenvalue weighted by atomic mass is 10.2. The number of benzene rings is 1. The monoisotopic (exact) mass is 282 g/mol. The van der Waals surface area contributed by atoms with Crippen molar-refractivity contribution in [2.24, 2.45) is 0 Å². The summed E-state index contributed by atoms with van der Waals surface area (Å²) < 4.78 is 18.9. The van der Waals surface area contributed by atoms with Crippen LogP contribution in [0.5, 0.6) is 11.8 Å². The standard InChI is InChI=1S/C11H8BrFN2O/c1-7-4-9(2-3-10(7)12)16-11-14-5-8(13)6-15-11/h2-6H,1H3. The summed E-state index contributed by atoms with van der Waals surface area (Å²) in [5.41, 5.74) is 1.04. The molecule has 0 fully saturated rings. The Morgan fingerprint density at radius 1 is 1.25 bits per heavy atom. The minimum Gasteiger partial charge on any atom is -0.424 e. The van der Waals surface area contributed by atoms with Gasteiger partial charge in [0.2, 0.25) is 0 Å². The topological polar surface area (TPSA) is 35.0 Å². The molecule has 0 N–H and O–H groups in total. The van der Waals surface area contributed by atoms with Crippen LogP contribution in [0.4, 0.5) is 4.39 Å². The number of hydrogen-bond donors (Lipinski definition) is 0. The molecule has 1 aromatic carbocycles. The van der Waals surface area contributed by atoms with Gasteiger partial charge in [0.1, 0.15) is 5.75 Å². The van der Waals surface area contributed by atoms with Crippen LogP contribution in [-0.4, -0.2) is 9.97 Å². The minimum absolute atomic E-state index is 0.128. The summed E-state index contributed by atoms with van der Waals surface area (Å²) in [5.74, 6) is 0.131. The van der Waals surface area contributed by atoms with Gasteiger partial charge in [-0.1, -0.05) is 15.9 Å². The van der Waals surface area contributed by atoms with Gasteiger partial charge in [0.25, 0.3) is 0 Å². The SMILES string of the molecule is Cc1cc(Oc2ncc(F)cn2)ccc1Br. The molecular formula is C11H8BrFN2O. The summed E-state index contributed by atoms with van der Waals surface area (Å²) in [5, 5.41) is 0. The Hall–Kier alpha value is -1.49. The van der Waals surface area contributed by atoms with E-state index in [4.69, 9.17) is 4.74 Å². The molecule has 2 rings (SSSR count). The predicted molar refractivity (Wildman–Crippen MR) is 60.9 cm³/mol. The normalized spacial score (nSPS) is 10.2. The van der Waals surface area contributed by atoms with Crippen molar-refractivity contribution in [1.82, 2.24) is 9.97 Å². The first-order valence-corrected chi connectivity index (χ1v) is 5.36. The molecule has 1 aromatic heterocycles. The van der Waals surface area contributed by atoms with E-state index in [0.29, 0.717) is 5.75 Å². The van der Waals surface area contributed by atoms with Crippen molar-refractivity contribution in [2.45, 2.75) is 6.92 Å². The quantitative estimate of drug-likeness (QED) is 0.846.